The number of carbonyl (C=O) groups excluding carboxylic acids is 1. The maximum atomic E-state index is 13.5. The largest absolute Gasteiger partial charge is 0.495 e. The summed E-state index contributed by atoms with van der Waals surface area (Å²) in [6.45, 7) is 7.30. The Balaban J connectivity index is 2.50. The molecule has 1 aliphatic rings. The Labute approximate surface area is 122 Å². The molecule has 0 aliphatic carbocycles. The number of ether oxygens (including phenoxy) is 1. The normalized spacial score (nSPS) is 19.7. The van der Waals surface area contributed by atoms with Crippen molar-refractivity contribution in [2.45, 2.75) is 38.9 Å². The van der Waals surface area contributed by atoms with E-state index in [0.717, 1.165) is 19.2 Å². The number of methoxy groups -OCH3 is 1. The Bertz CT molecular complexity index is 571. The summed E-state index contributed by atoms with van der Waals surface area (Å²) in [5.41, 5.74) is -1.32. The SMILES string of the molecule is COC(=O)c1cc(F)c(F)cc1B1OC(C)(C)C(C)(C)O1. The average Bonchev–Trinajstić information content (AvgIpc) is 2.60. The summed E-state index contributed by atoms with van der Waals surface area (Å²) < 4.78 is 43.0. The van der Waals surface area contributed by atoms with Crippen molar-refractivity contribution in [2.75, 3.05) is 7.11 Å². The molecule has 7 heteroatoms. The van der Waals surface area contributed by atoms with Crippen LogP contribution in [0.4, 0.5) is 8.78 Å². The van der Waals surface area contributed by atoms with Gasteiger partial charge in [0.1, 0.15) is 0 Å². The van der Waals surface area contributed by atoms with Gasteiger partial charge in [-0.3, -0.25) is 0 Å². The minimum absolute atomic E-state index is 0.111. The van der Waals surface area contributed by atoms with E-state index in [0.29, 0.717) is 0 Å². The van der Waals surface area contributed by atoms with Gasteiger partial charge in [-0.2, -0.15) is 0 Å². The fourth-order valence-corrected chi connectivity index (χ4v) is 2.01. The first-order valence-corrected chi connectivity index (χ1v) is 6.52. The van der Waals surface area contributed by atoms with Gasteiger partial charge in [0.25, 0.3) is 0 Å². The fraction of sp³-hybridized carbons (Fsp3) is 0.500. The summed E-state index contributed by atoms with van der Waals surface area (Å²) >= 11 is 0. The molecule has 0 atom stereocenters. The maximum Gasteiger partial charge on any atom is 0.495 e. The number of carbonyl (C=O) groups is 1. The maximum absolute atomic E-state index is 13.5. The third kappa shape index (κ3) is 2.67. The summed E-state index contributed by atoms with van der Waals surface area (Å²) in [4.78, 5) is 11.8. The molecule has 0 saturated carbocycles. The van der Waals surface area contributed by atoms with Crippen LogP contribution in [0.25, 0.3) is 0 Å². The molecule has 1 aliphatic heterocycles. The zero-order valence-electron chi connectivity index (χ0n) is 12.6. The number of hydrogen-bond acceptors (Lipinski definition) is 4. The molecule has 1 heterocycles. The first-order chi connectivity index (χ1) is 9.59. The Hall–Kier alpha value is -1.47. The van der Waals surface area contributed by atoms with Crippen molar-refractivity contribution < 1.29 is 27.6 Å². The van der Waals surface area contributed by atoms with Crippen molar-refractivity contribution in [3.8, 4) is 0 Å². The third-order valence-electron chi connectivity index (χ3n) is 4.00. The number of rotatable bonds is 2. The van der Waals surface area contributed by atoms with Crippen LogP contribution in [0.1, 0.15) is 38.1 Å². The second-order valence-corrected chi connectivity index (χ2v) is 5.93. The summed E-state index contributed by atoms with van der Waals surface area (Å²) in [6.07, 6.45) is 0. The molecule has 21 heavy (non-hydrogen) atoms. The van der Waals surface area contributed by atoms with Crippen LogP contribution in [-0.4, -0.2) is 31.4 Å². The second kappa shape index (κ2) is 5.07. The van der Waals surface area contributed by atoms with Gasteiger partial charge >= 0.3 is 13.1 Å². The summed E-state index contributed by atoms with van der Waals surface area (Å²) in [5.74, 6) is -2.98. The van der Waals surface area contributed by atoms with Crippen molar-refractivity contribution in [3.05, 3.63) is 29.3 Å². The van der Waals surface area contributed by atoms with Gasteiger partial charge in [-0.25, -0.2) is 13.6 Å². The monoisotopic (exact) mass is 298 g/mol. The van der Waals surface area contributed by atoms with E-state index in [9.17, 15) is 13.6 Å². The minimum atomic E-state index is -1.13. The lowest BCUT2D eigenvalue weighted by molar-refractivity contribution is 0.00578. The molecular formula is C14H17BF2O4. The Kier molecular flexibility index (Phi) is 3.84. The molecule has 1 aromatic carbocycles. The summed E-state index contributed by atoms with van der Waals surface area (Å²) in [7, 11) is 0.191. The highest BCUT2D eigenvalue weighted by Crippen LogP contribution is 2.36. The van der Waals surface area contributed by atoms with E-state index in [1.165, 1.54) is 0 Å². The molecule has 114 valence electrons. The van der Waals surface area contributed by atoms with Crippen molar-refractivity contribution in [2.24, 2.45) is 0 Å². The molecule has 2 rings (SSSR count). The topological polar surface area (TPSA) is 44.8 Å². The van der Waals surface area contributed by atoms with Crippen LogP contribution < -0.4 is 5.46 Å². The molecule has 0 unspecified atom stereocenters. The second-order valence-electron chi connectivity index (χ2n) is 5.93. The Morgan fingerprint density at radius 2 is 1.57 bits per heavy atom. The van der Waals surface area contributed by atoms with Crippen LogP contribution in [-0.2, 0) is 14.0 Å². The smallest absolute Gasteiger partial charge is 0.465 e. The zero-order valence-corrected chi connectivity index (χ0v) is 12.6. The van der Waals surface area contributed by atoms with E-state index in [1.807, 2.05) is 27.7 Å². The summed E-state index contributed by atoms with van der Waals surface area (Å²) in [6, 6.07) is 1.70. The van der Waals surface area contributed by atoms with E-state index in [1.54, 1.807) is 0 Å². The van der Waals surface area contributed by atoms with Gasteiger partial charge in [0.15, 0.2) is 11.6 Å². The molecule has 0 amide bonds. The van der Waals surface area contributed by atoms with Crippen molar-refractivity contribution in [1.82, 2.24) is 0 Å². The molecule has 4 nitrogen and oxygen atoms in total. The van der Waals surface area contributed by atoms with Gasteiger partial charge in [0.2, 0.25) is 0 Å². The van der Waals surface area contributed by atoms with E-state index < -0.39 is 35.9 Å². The molecule has 0 N–H and O–H groups in total. The van der Waals surface area contributed by atoms with Crippen LogP contribution in [0.2, 0.25) is 0 Å². The number of hydrogen-bond donors (Lipinski definition) is 0. The average molecular weight is 298 g/mol. The Morgan fingerprint density at radius 3 is 2.05 bits per heavy atom. The highest BCUT2D eigenvalue weighted by atomic mass is 19.2. The predicted octanol–water partition coefficient (Wildman–Crippen LogP) is 2.05. The van der Waals surface area contributed by atoms with Gasteiger partial charge in [-0.05, 0) is 39.8 Å². The van der Waals surface area contributed by atoms with Gasteiger partial charge < -0.3 is 14.0 Å². The number of benzene rings is 1. The molecule has 1 fully saturated rings. The van der Waals surface area contributed by atoms with E-state index in [4.69, 9.17) is 9.31 Å². The highest BCUT2D eigenvalue weighted by Gasteiger charge is 2.52. The summed E-state index contributed by atoms with van der Waals surface area (Å²) in [5, 5.41) is 0. The van der Waals surface area contributed by atoms with Crippen LogP contribution in [0.15, 0.2) is 12.1 Å². The van der Waals surface area contributed by atoms with Gasteiger partial charge in [-0.1, -0.05) is 0 Å². The fourth-order valence-electron chi connectivity index (χ4n) is 2.01. The standard InChI is InChI=1S/C14H17BF2O4/c1-13(2)14(3,4)21-15(20-13)9-7-11(17)10(16)6-8(9)12(18)19-5/h6-7H,1-5H3. The lowest BCUT2D eigenvalue weighted by Gasteiger charge is -2.32. The molecular weight excluding hydrogens is 281 g/mol. The van der Waals surface area contributed by atoms with Crippen molar-refractivity contribution >= 4 is 18.6 Å². The molecule has 1 aromatic rings. The molecule has 0 bridgehead atoms. The Morgan fingerprint density at radius 1 is 1.10 bits per heavy atom. The molecule has 0 spiro atoms. The third-order valence-corrected chi connectivity index (χ3v) is 4.00. The van der Waals surface area contributed by atoms with Crippen LogP contribution in [0.3, 0.4) is 0 Å². The van der Waals surface area contributed by atoms with Crippen LogP contribution >= 0.6 is 0 Å². The van der Waals surface area contributed by atoms with E-state index >= 15 is 0 Å². The molecule has 0 radical (unpaired) electrons. The molecule has 0 aromatic heterocycles. The zero-order chi connectivity index (χ0) is 16.0. The molecule has 1 saturated heterocycles. The number of halogens is 2. The van der Waals surface area contributed by atoms with Gasteiger partial charge in [-0.15, -0.1) is 0 Å². The van der Waals surface area contributed by atoms with Crippen molar-refractivity contribution in [1.29, 1.82) is 0 Å². The van der Waals surface area contributed by atoms with Crippen molar-refractivity contribution in [3.63, 3.8) is 0 Å². The predicted molar refractivity (Wildman–Crippen MR) is 73.4 cm³/mol. The van der Waals surface area contributed by atoms with Gasteiger partial charge in [0.05, 0.1) is 23.9 Å². The lowest BCUT2D eigenvalue weighted by Crippen LogP contribution is -2.41. The van der Waals surface area contributed by atoms with Crippen LogP contribution in [0.5, 0.6) is 0 Å². The van der Waals surface area contributed by atoms with Crippen LogP contribution in [0, 0.1) is 11.6 Å². The number of esters is 1. The van der Waals surface area contributed by atoms with E-state index in [2.05, 4.69) is 4.74 Å². The van der Waals surface area contributed by atoms with E-state index in [-0.39, 0.29) is 11.0 Å². The quantitative estimate of drug-likeness (QED) is 0.619. The minimum Gasteiger partial charge on any atom is -0.465 e. The van der Waals surface area contributed by atoms with Gasteiger partial charge in [0, 0.05) is 5.46 Å². The first-order valence-electron chi connectivity index (χ1n) is 6.52. The highest BCUT2D eigenvalue weighted by molar-refractivity contribution is 6.63. The first kappa shape index (κ1) is 15.9. The lowest BCUT2D eigenvalue weighted by atomic mass is 9.75.